The molecular formula is C13H23NOS. The molecule has 16 heavy (non-hydrogen) atoms. The van der Waals surface area contributed by atoms with Crippen LogP contribution >= 0.6 is 12.6 Å². The molecule has 0 saturated heterocycles. The minimum atomic E-state index is -0.158. The molecule has 92 valence electrons. The van der Waals surface area contributed by atoms with Gasteiger partial charge in [0.05, 0.1) is 0 Å². The smallest absolute Gasteiger partial charge is 0.276 e. The maximum atomic E-state index is 10.9. The Labute approximate surface area is 104 Å². The van der Waals surface area contributed by atoms with Crippen LogP contribution in [0, 0.1) is 11.8 Å². The summed E-state index contributed by atoms with van der Waals surface area (Å²) in [6.45, 7) is 0. The van der Waals surface area contributed by atoms with Gasteiger partial charge in [0, 0.05) is 6.04 Å². The standard InChI is InChI=1S/C13H23NOS/c15-13(16)14-12-8-4-7-11(9-12)10-5-2-1-3-6-10/h10-12H,1-9H2,(H2,14,15,16). The van der Waals surface area contributed by atoms with Gasteiger partial charge in [-0.1, -0.05) is 57.6 Å². The van der Waals surface area contributed by atoms with Crippen LogP contribution in [-0.2, 0) is 0 Å². The van der Waals surface area contributed by atoms with Gasteiger partial charge in [-0.15, -0.1) is 0 Å². The fourth-order valence-electron chi connectivity index (χ4n) is 3.57. The van der Waals surface area contributed by atoms with E-state index in [9.17, 15) is 4.79 Å². The Morgan fingerprint density at radius 1 is 0.938 bits per heavy atom. The van der Waals surface area contributed by atoms with E-state index in [0.717, 1.165) is 18.3 Å². The molecule has 0 aromatic rings. The van der Waals surface area contributed by atoms with E-state index in [0.29, 0.717) is 6.04 Å². The van der Waals surface area contributed by atoms with Crippen LogP contribution in [-0.4, -0.2) is 11.3 Å². The normalized spacial score (nSPS) is 32.3. The Kier molecular flexibility index (Phi) is 4.56. The predicted octanol–water partition coefficient (Wildman–Crippen LogP) is 3.76. The summed E-state index contributed by atoms with van der Waals surface area (Å²) in [6.07, 6.45) is 12.1. The molecular weight excluding hydrogens is 218 g/mol. The zero-order valence-corrected chi connectivity index (χ0v) is 10.8. The molecule has 3 heteroatoms. The first-order valence-corrected chi connectivity index (χ1v) is 7.20. The summed E-state index contributed by atoms with van der Waals surface area (Å²) in [5, 5.41) is 2.82. The second kappa shape index (κ2) is 5.95. The fourth-order valence-corrected chi connectivity index (χ4v) is 3.75. The van der Waals surface area contributed by atoms with Crippen LogP contribution in [0.15, 0.2) is 0 Å². The summed E-state index contributed by atoms with van der Waals surface area (Å²) < 4.78 is 0. The second-order valence-corrected chi connectivity index (χ2v) is 5.88. The van der Waals surface area contributed by atoms with E-state index in [4.69, 9.17) is 0 Å². The largest absolute Gasteiger partial charge is 0.344 e. The molecule has 2 atom stereocenters. The SMILES string of the molecule is O=C(S)NC1CCCC(C2CCCCC2)C1. The highest BCUT2D eigenvalue weighted by Gasteiger charge is 2.29. The van der Waals surface area contributed by atoms with Crippen LogP contribution in [0.25, 0.3) is 0 Å². The lowest BCUT2D eigenvalue weighted by atomic mass is 9.72. The average Bonchev–Trinajstić information content (AvgIpc) is 2.30. The monoisotopic (exact) mass is 241 g/mol. The van der Waals surface area contributed by atoms with E-state index in [1.165, 1.54) is 51.4 Å². The summed E-state index contributed by atoms with van der Waals surface area (Å²) in [5.74, 6) is 1.80. The topological polar surface area (TPSA) is 29.1 Å². The van der Waals surface area contributed by atoms with Crippen molar-refractivity contribution in [1.82, 2.24) is 5.32 Å². The van der Waals surface area contributed by atoms with Gasteiger partial charge in [0.15, 0.2) is 0 Å². The van der Waals surface area contributed by atoms with Crippen LogP contribution in [0.3, 0.4) is 0 Å². The highest BCUT2D eigenvalue weighted by atomic mass is 32.1. The third-order valence-corrected chi connectivity index (χ3v) is 4.49. The van der Waals surface area contributed by atoms with Crippen molar-refractivity contribution >= 4 is 17.9 Å². The van der Waals surface area contributed by atoms with E-state index < -0.39 is 0 Å². The third kappa shape index (κ3) is 3.41. The molecule has 2 aliphatic carbocycles. The molecule has 2 rings (SSSR count). The predicted molar refractivity (Wildman–Crippen MR) is 69.8 cm³/mol. The van der Waals surface area contributed by atoms with Gasteiger partial charge < -0.3 is 5.32 Å². The zero-order valence-electron chi connectivity index (χ0n) is 9.95. The van der Waals surface area contributed by atoms with E-state index in [-0.39, 0.29) is 5.24 Å². The molecule has 2 saturated carbocycles. The van der Waals surface area contributed by atoms with Gasteiger partial charge >= 0.3 is 0 Å². The highest BCUT2D eigenvalue weighted by molar-refractivity contribution is 7.96. The molecule has 0 aliphatic heterocycles. The van der Waals surface area contributed by atoms with E-state index in [2.05, 4.69) is 17.9 Å². The van der Waals surface area contributed by atoms with Crippen molar-refractivity contribution in [2.45, 2.75) is 63.8 Å². The van der Waals surface area contributed by atoms with Crippen molar-refractivity contribution in [3.8, 4) is 0 Å². The minimum absolute atomic E-state index is 0.158. The molecule has 0 spiro atoms. The lowest BCUT2D eigenvalue weighted by Gasteiger charge is -2.36. The maximum absolute atomic E-state index is 10.9. The van der Waals surface area contributed by atoms with Crippen LogP contribution < -0.4 is 5.32 Å². The molecule has 2 nitrogen and oxygen atoms in total. The Hall–Kier alpha value is -0.180. The lowest BCUT2D eigenvalue weighted by molar-refractivity contribution is 0.174. The first kappa shape index (κ1) is 12.3. The summed E-state index contributed by atoms with van der Waals surface area (Å²) in [6, 6.07) is 0.394. The highest BCUT2D eigenvalue weighted by Crippen LogP contribution is 2.38. The number of hydrogen-bond donors (Lipinski definition) is 2. The Bertz CT molecular complexity index is 238. The quantitative estimate of drug-likeness (QED) is 0.708. The molecule has 0 bridgehead atoms. The van der Waals surface area contributed by atoms with Gasteiger partial charge in [0.25, 0.3) is 5.24 Å². The number of hydrogen-bond acceptors (Lipinski definition) is 1. The van der Waals surface area contributed by atoms with Crippen molar-refractivity contribution in [3.05, 3.63) is 0 Å². The Balaban J connectivity index is 1.83. The number of nitrogens with one attached hydrogen (secondary N) is 1. The van der Waals surface area contributed by atoms with Crippen LogP contribution in [0.2, 0.25) is 0 Å². The van der Waals surface area contributed by atoms with Gasteiger partial charge in [-0.2, -0.15) is 0 Å². The third-order valence-electron chi connectivity index (χ3n) is 4.36. The number of carbonyl (C=O) groups excluding carboxylic acids is 1. The van der Waals surface area contributed by atoms with Gasteiger partial charge in [-0.3, -0.25) is 4.79 Å². The molecule has 0 radical (unpaired) electrons. The maximum Gasteiger partial charge on any atom is 0.276 e. The number of rotatable bonds is 2. The first-order chi connectivity index (χ1) is 7.75. The van der Waals surface area contributed by atoms with Crippen LogP contribution in [0.4, 0.5) is 4.79 Å². The minimum Gasteiger partial charge on any atom is -0.344 e. The van der Waals surface area contributed by atoms with Gasteiger partial charge in [-0.25, -0.2) is 0 Å². The molecule has 2 aliphatic rings. The number of carbonyl (C=O) groups is 1. The molecule has 0 heterocycles. The summed E-state index contributed by atoms with van der Waals surface area (Å²) in [4.78, 5) is 10.9. The van der Waals surface area contributed by atoms with Gasteiger partial charge in [0.2, 0.25) is 0 Å². The molecule has 2 fully saturated rings. The van der Waals surface area contributed by atoms with Crippen molar-refractivity contribution in [2.24, 2.45) is 11.8 Å². The molecule has 2 unspecified atom stereocenters. The van der Waals surface area contributed by atoms with Crippen LogP contribution in [0.5, 0.6) is 0 Å². The first-order valence-electron chi connectivity index (χ1n) is 6.75. The van der Waals surface area contributed by atoms with E-state index in [1.54, 1.807) is 0 Å². The molecule has 0 aromatic heterocycles. The number of thiol groups is 1. The van der Waals surface area contributed by atoms with Crippen LogP contribution in [0.1, 0.15) is 57.8 Å². The second-order valence-electron chi connectivity index (χ2n) is 5.47. The Morgan fingerprint density at radius 3 is 2.31 bits per heavy atom. The van der Waals surface area contributed by atoms with Gasteiger partial charge in [-0.05, 0) is 24.7 Å². The van der Waals surface area contributed by atoms with Crippen molar-refractivity contribution < 1.29 is 4.79 Å². The van der Waals surface area contributed by atoms with Crippen molar-refractivity contribution in [1.29, 1.82) is 0 Å². The summed E-state index contributed by atoms with van der Waals surface area (Å²) >= 11 is 3.82. The molecule has 1 N–H and O–H groups in total. The average molecular weight is 241 g/mol. The summed E-state index contributed by atoms with van der Waals surface area (Å²) in [5.41, 5.74) is 0. The van der Waals surface area contributed by atoms with Gasteiger partial charge in [0.1, 0.15) is 0 Å². The Morgan fingerprint density at radius 2 is 1.62 bits per heavy atom. The van der Waals surface area contributed by atoms with Crippen molar-refractivity contribution in [3.63, 3.8) is 0 Å². The summed E-state index contributed by atoms with van der Waals surface area (Å²) in [7, 11) is 0. The fraction of sp³-hybridized carbons (Fsp3) is 0.923. The zero-order chi connectivity index (χ0) is 11.4. The molecule has 1 amide bonds. The molecule has 0 aromatic carbocycles. The number of amides is 1. The van der Waals surface area contributed by atoms with E-state index >= 15 is 0 Å². The van der Waals surface area contributed by atoms with E-state index in [1.807, 2.05) is 0 Å². The van der Waals surface area contributed by atoms with Crippen molar-refractivity contribution in [2.75, 3.05) is 0 Å². The lowest BCUT2D eigenvalue weighted by Crippen LogP contribution is -2.37.